The molecule has 5 heteroatoms. The van der Waals surface area contributed by atoms with Crippen molar-refractivity contribution in [2.45, 2.75) is 31.8 Å². The van der Waals surface area contributed by atoms with Gasteiger partial charge in [0.25, 0.3) is 0 Å². The van der Waals surface area contributed by atoms with Crippen molar-refractivity contribution in [2.24, 2.45) is 0 Å². The van der Waals surface area contributed by atoms with Gasteiger partial charge in [-0.2, -0.15) is 0 Å². The van der Waals surface area contributed by atoms with Crippen molar-refractivity contribution >= 4 is 17.3 Å². The number of likely N-dealkylation sites (N-methyl/N-ethyl adjacent to an activating group) is 1. The van der Waals surface area contributed by atoms with Crippen LogP contribution in [0.2, 0.25) is 0 Å². The molecular formula is C16H25N3O2. The molecule has 1 aliphatic rings. The maximum absolute atomic E-state index is 11.9. The largest absolute Gasteiger partial charge is 0.399 e. The number of anilines is 2. The number of amides is 1. The highest BCUT2D eigenvalue weighted by atomic mass is 16.5. The van der Waals surface area contributed by atoms with Gasteiger partial charge in [0.05, 0.1) is 6.10 Å². The van der Waals surface area contributed by atoms with Crippen molar-refractivity contribution in [3.05, 3.63) is 24.3 Å². The topological polar surface area (TPSA) is 67.6 Å². The van der Waals surface area contributed by atoms with Crippen LogP contribution >= 0.6 is 0 Å². The summed E-state index contributed by atoms with van der Waals surface area (Å²) in [6.07, 6.45) is 4.35. The average Bonchev–Trinajstić information content (AvgIpc) is 2.49. The lowest BCUT2D eigenvalue weighted by molar-refractivity contribution is -0.116. The van der Waals surface area contributed by atoms with Gasteiger partial charge in [0.15, 0.2) is 0 Å². The fraction of sp³-hybridized carbons (Fsp3) is 0.562. The zero-order chi connectivity index (χ0) is 15.1. The Bertz CT molecular complexity index is 441. The molecule has 1 fully saturated rings. The predicted octanol–water partition coefficient (Wildman–Crippen LogP) is 2.10. The fourth-order valence-corrected chi connectivity index (χ4v) is 2.47. The second kappa shape index (κ2) is 8.00. The number of nitrogen functional groups attached to an aromatic ring is 1. The summed E-state index contributed by atoms with van der Waals surface area (Å²) in [5.41, 5.74) is 7.09. The number of nitrogens with two attached hydrogens (primary N) is 1. The van der Waals surface area contributed by atoms with Crippen LogP contribution in [0.15, 0.2) is 24.3 Å². The van der Waals surface area contributed by atoms with E-state index in [0.29, 0.717) is 18.2 Å². The number of carbonyl (C=O) groups is 1. The van der Waals surface area contributed by atoms with Gasteiger partial charge in [0.1, 0.15) is 0 Å². The van der Waals surface area contributed by atoms with Crippen molar-refractivity contribution in [3.8, 4) is 0 Å². The van der Waals surface area contributed by atoms with Crippen molar-refractivity contribution in [1.82, 2.24) is 4.90 Å². The van der Waals surface area contributed by atoms with Gasteiger partial charge in [0, 0.05) is 37.5 Å². The Morgan fingerprint density at radius 2 is 2.14 bits per heavy atom. The summed E-state index contributed by atoms with van der Waals surface area (Å²) < 4.78 is 5.71. The van der Waals surface area contributed by atoms with E-state index in [1.54, 1.807) is 12.1 Å². The Morgan fingerprint density at radius 3 is 2.81 bits per heavy atom. The monoisotopic (exact) mass is 291 g/mol. The van der Waals surface area contributed by atoms with Gasteiger partial charge in [-0.05, 0) is 50.6 Å². The van der Waals surface area contributed by atoms with E-state index >= 15 is 0 Å². The van der Waals surface area contributed by atoms with Crippen molar-refractivity contribution < 1.29 is 9.53 Å². The Labute approximate surface area is 126 Å². The molecule has 0 aliphatic carbocycles. The van der Waals surface area contributed by atoms with Gasteiger partial charge in [-0.1, -0.05) is 0 Å². The van der Waals surface area contributed by atoms with E-state index in [1.807, 2.05) is 19.2 Å². The summed E-state index contributed by atoms with van der Waals surface area (Å²) in [5, 5.41) is 2.88. The SMILES string of the molecule is CN(CCC(=O)Nc1ccc(N)cc1)CC1CCCCO1. The van der Waals surface area contributed by atoms with Crippen molar-refractivity contribution in [2.75, 3.05) is 37.8 Å². The van der Waals surface area contributed by atoms with E-state index in [2.05, 4.69) is 10.2 Å². The summed E-state index contributed by atoms with van der Waals surface area (Å²) in [6, 6.07) is 7.18. The molecule has 3 N–H and O–H groups in total. The lowest BCUT2D eigenvalue weighted by Gasteiger charge is -2.27. The molecular weight excluding hydrogens is 266 g/mol. The first-order chi connectivity index (χ1) is 10.1. The first-order valence-electron chi connectivity index (χ1n) is 7.59. The standard InChI is InChI=1S/C16H25N3O2/c1-19(12-15-4-2-3-11-21-15)10-9-16(20)18-14-7-5-13(17)6-8-14/h5-8,15H,2-4,9-12,17H2,1H3,(H,18,20). The van der Waals surface area contributed by atoms with E-state index in [-0.39, 0.29) is 5.91 Å². The van der Waals surface area contributed by atoms with Crippen LogP contribution in [0.3, 0.4) is 0 Å². The number of carbonyl (C=O) groups excluding carboxylic acids is 1. The van der Waals surface area contributed by atoms with Gasteiger partial charge < -0.3 is 20.7 Å². The molecule has 0 spiro atoms. The van der Waals surface area contributed by atoms with Crippen LogP contribution in [0.1, 0.15) is 25.7 Å². The Morgan fingerprint density at radius 1 is 1.38 bits per heavy atom. The summed E-state index contributed by atoms with van der Waals surface area (Å²) in [7, 11) is 2.04. The van der Waals surface area contributed by atoms with Crippen molar-refractivity contribution in [3.63, 3.8) is 0 Å². The molecule has 1 saturated heterocycles. The van der Waals surface area contributed by atoms with Gasteiger partial charge in [0.2, 0.25) is 5.91 Å². The minimum absolute atomic E-state index is 0.0242. The highest BCUT2D eigenvalue weighted by Crippen LogP contribution is 2.14. The molecule has 0 radical (unpaired) electrons. The predicted molar refractivity (Wildman–Crippen MR) is 85.2 cm³/mol. The van der Waals surface area contributed by atoms with Gasteiger partial charge in [-0.3, -0.25) is 4.79 Å². The molecule has 1 unspecified atom stereocenters. The van der Waals surface area contributed by atoms with E-state index in [9.17, 15) is 4.79 Å². The smallest absolute Gasteiger partial charge is 0.225 e. The molecule has 5 nitrogen and oxygen atoms in total. The van der Waals surface area contributed by atoms with Crippen LogP contribution in [0, 0.1) is 0 Å². The molecule has 0 saturated carbocycles. The molecule has 21 heavy (non-hydrogen) atoms. The molecule has 1 atom stereocenters. The molecule has 116 valence electrons. The van der Waals surface area contributed by atoms with Gasteiger partial charge in [-0.25, -0.2) is 0 Å². The molecule has 2 rings (SSSR count). The third-order valence-electron chi connectivity index (χ3n) is 3.70. The van der Waals surface area contributed by atoms with E-state index in [4.69, 9.17) is 10.5 Å². The number of nitrogens with one attached hydrogen (secondary N) is 1. The fourth-order valence-electron chi connectivity index (χ4n) is 2.47. The number of benzene rings is 1. The number of rotatable bonds is 6. The van der Waals surface area contributed by atoms with Gasteiger partial charge in [-0.15, -0.1) is 0 Å². The zero-order valence-electron chi connectivity index (χ0n) is 12.7. The molecule has 1 amide bonds. The first-order valence-corrected chi connectivity index (χ1v) is 7.59. The van der Waals surface area contributed by atoms with Crippen LogP contribution in [0.5, 0.6) is 0 Å². The number of hydrogen-bond acceptors (Lipinski definition) is 4. The number of ether oxygens (including phenoxy) is 1. The van der Waals surface area contributed by atoms with Crippen LogP contribution in [-0.4, -0.2) is 43.7 Å². The average molecular weight is 291 g/mol. The number of hydrogen-bond donors (Lipinski definition) is 2. The Balaban J connectivity index is 1.66. The summed E-state index contributed by atoms with van der Waals surface area (Å²) in [5.74, 6) is 0.0242. The highest BCUT2D eigenvalue weighted by molar-refractivity contribution is 5.90. The van der Waals surface area contributed by atoms with Crippen LogP contribution in [0.4, 0.5) is 11.4 Å². The molecule has 0 aromatic heterocycles. The zero-order valence-corrected chi connectivity index (χ0v) is 12.7. The van der Waals surface area contributed by atoms with E-state index in [0.717, 1.165) is 31.8 Å². The molecule has 0 bridgehead atoms. The normalized spacial score (nSPS) is 18.7. The quantitative estimate of drug-likeness (QED) is 0.788. The van der Waals surface area contributed by atoms with E-state index in [1.165, 1.54) is 12.8 Å². The second-order valence-electron chi connectivity index (χ2n) is 5.67. The van der Waals surface area contributed by atoms with E-state index < -0.39 is 0 Å². The van der Waals surface area contributed by atoms with Crippen LogP contribution in [0.25, 0.3) is 0 Å². The molecule has 1 aromatic carbocycles. The maximum atomic E-state index is 11.9. The third-order valence-corrected chi connectivity index (χ3v) is 3.70. The Kier molecular flexibility index (Phi) is 6.02. The third kappa shape index (κ3) is 5.73. The summed E-state index contributed by atoms with van der Waals surface area (Å²) in [4.78, 5) is 14.1. The minimum atomic E-state index is 0.0242. The number of nitrogens with zero attached hydrogens (tertiary/aromatic N) is 1. The highest BCUT2D eigenvalue weighted by Gasteiger charge is 2.16. The molecule has 1 aliphatic heterocycles. The lowest BCUT2D eigenvalue weighted by Crippen LogP contribution is -2.35. The summed E-state index contributed by atoms with van der Waals surface area (Å²) in [6.45, 7) is 2.51. The van der Waals surface area contributed by atoms with Crippen molar-refractivity contribution in [1.29, 1.82) is 0 Å². The van der Waals surface area contributed by atoms with Gasteiger partial charge >= 0.3 is 0 Å². The van der Waals surface area contributed by atoms with Crippen LogP contribution < -0.4 is 11.1 Å². The lowest BCUT2D eigenvalue weighted by atomic mass is 10.1. The molecule has 1 heterocycles. The Hall–Kier alpha value is -1.59. The second-order valence-corrected chi connectivity index (χ2v) is 5.67. The van der Waals surface area contributed by atoms with Crippen LogP contribution in [-0.2, 0) is 9.53 Å². The summed E-state index contributed by atoms with van der Waals surface area (Å²) >= 11 is 0. The molecule has 1 aromatic rings. The first kappa shape index (κ1) is 15.8. The minimum Gasteiger partial charge on any atom is -0.399 e. The maximum Gasteiger partial charge on any atom is 0.225 e.